The Morgan fingerprint density at radius 2 is 2.00 bits per heavy atom. The monoisotopic (exact) mass is 342 g/mol. The average molecular weight is 342 g/mol. The topological polar surface area (TPSA) is 66.5 Å². The summed E-state index contributed by atoms with van der Waals surface area (Å²) < 4.78 is 5.36. The highest BCUT2D eigenvalue weighted by Crippen LogP contribution is 2.18. The third-order valence-electron chi connectivity index (χ3n) is 3.75. The molecule has 1 amide bonds. The van der Waals surface area contributed by atoms with Crippen molar-refractivity contribution in [2.75, 3.05) is 46.2 Å². The van der Waals surface area contributed by atoms with Crippen LogP contribution in [0, 0.1) is 0 Å². The number of rotatable bonds is 9. The van der Waals surface area contributed by atoms with Crippen LogP contribution in [0.1, 0.15) is 16.1 Å². The Kier molecular flexibility index (Phi) is 7.22. The molecule has 0 saturated heterocycles. The van der Waals surface area contributed by atoms with Gasteiger partial charge in [0.05, 0.1) is 7.11 Å². The van der Waals surface area contributed by atoms with Crippen LogP contribution in [0.25, 0.3) is 0 Å². The smallest absolute Gasteiger partial charge is 0.269 e. The number of hydrogen-bond acceptors (Lipinski definition) is 5. The second-order valence-corrected chi connectivity index (χ2v) is 5.98. The van der Waals surface area contributed by atoms with Gasteiger partial charge in [-0.3, -0.25) is 9.78 Å². The minimum absolute atomic E-state index is 0.157. The minimum Gasteiger partial charge on any atom is -0.496 e. The second-order valence-electron chi connectivity index (χ2n) is 5.98. The zero-order valence-corrected chi connectivity index (χ0v) is 15.1. The molecule has 0 atom stereocenters. The Hall–Kier alpha value is -2.60. The van der Waals surface area contributed by atoms with E-state index in [2.05, 4.69) is 21.7 Å². The number of nitrogens with zero attached hydrogens (tertiary/aromatic N) is 2. The predicted molar refractivity (Wildman–Crippen MR) is 100 cm³/mol. The Balaban J connectivity index is 1.87. The van der Waals surface area contributed by atoms with Crippen LogP contribution in [0.4, 0.5) is 5.69 Å². The number of carbonyl (C=O) groups excluding carboxylic acids is 1. The van der Waals surface area contributed by atoms with Crippen molar-refractivity contribution in [1.82, 2.24) is 15.2 Å². The van der Waals surface area contributed by atoms with Crippen molar-refractivity contribution in [3.8, 4) is 5.75 Å². The molecule has 2 rings (SSSR count). The van der Waals surface area contributed by atoms with E-state index in [0.717, 1.165) is 36.5 Å². The molecule has 1 aromatic heterocycles. The molecule has 25 heavy (non-hydrogen) atoms. The molecule has 134 valence electrons. The third kappa shape index (κ3) is 6.08. The SMILES string of the molecule is COc1ccccc1CCNc1ccnc(C(=O)NCCN(C)C)c1. The number of nitrogens with one attached hydrogen (secondary N) is 2. The van der Waals surface area contributed by atoms with Gasteiger partial charge in [0.15, 0.2) is 0 Å². The van der Waals surface area contributed by atoms with Crippen LogP contribution in [0.15, 0.2) is 42.6 Å². The summed E-state index contributed by atoms with van der Waals surface area (Å²) in [5, 5.41) is 6.20. The van der Waals surface area contributed by atoms with E-state index >= 15 is 0 Å². The van der Waals surface area contributed by atoms with Gasteiger partial charge in [0.2, 0.25) is 0 Å². The first kappa shape index (κ1) is 18.7. The van der Waals surface area contributed by atoms with E-state index in [9.17, 15) is 4.79 Å². The van der Waals surface area contributed by atoms with Gasteiger partial charge in [-0.2, -0.15) is 0 Å². The fourth-order valence-electron chi connectivity index (χ4n) is 2.40. The number of methoxy groups -OCH3 is 1. The van der Waals surface area contributed by atoms with Gasteiger partial charge in [0, 0.05) is 31.5 Å². The van der Waals surface area contributed by atoms with Gasteiger partial charge < -0.3 is 20.3 Å². The van der Waals surface area contributed by atoms with E-state index in [1.54, 1.807) is 19.4 Å². The molecule has 6 heteroatoms. The maximum Gasteiger partial charge on any atom is 0.269 e. The lowest BCUT2D eigenvalue weighted by molar-refractivity contribution is 0.0946. The highest BCUT2D eigenvalue weighted by atomic mass is 16.5. The quantitative estimate of drug-likeness (QED) is 0.730. The lowest BCUT2D eigenvalue weighted by Crippen LogP contribution is -2.31. The average Bonchev–Trinajstić information content (AvgIpc) is 2.62. The molecule has 0 aliphatic rings. The Morgan fingerprint density at radius 3 is 2.76 bits per heavy atom. The summed E-state index contributed by atoms with van der Waals surface area (Å²) in [6.45, 7) is 2.13. The van der Waals surface area contributed by atoms with Crippen molar-refractivity contribution in [2.24, 2.45) is 0 Å². The zero-order valence-electron chi connectivity index (χ0n) is 15.1. The first-order valence-electron chi connectivity index (χ1n) is 8.35. The predicted octanol–water partition coefficient (Wildman–Crippen LogP) is 2.04. The fourth-order valence-corrected chi connectivity index (χ4v) is 2.40. The molecule has 0 spiro atoms. The summed E-state index contributed by atoms with van der Waals surface area (Å²) in [7, 11) is 5.61. The maximum absolute atomic E-state index is 12.1. The minimum atomic E-state index is -0.157. The summed E-state index contributed by atoms with van der Waals surface area (Å²) in [5.74, 6) is 0.732. The summed E-state index contributed by atoms with van der Waals surface area (Å²) in [6, 6.07) is 11.6. The number of carbonyl (C=O) groups is 1. The maximum atomic E-state index is 12.1. The van der Waals surface area contributed by atoms with Crippen LogP contribution < -0.4 is 15.4 Å². The number of pyridine rings is 1. The standard InChI is InChI=1S/C19H26N4O2/c1-23(2)13-12-22-19(24)17-14-16(9-11-21-17)20-10-8-15-6-4-5-7-18(15)25-3/h4-7,9,11,14H,8,10,12-13H2,1-3H3,(H,20,21)(H,22,24). The Bertz CT molecular complexity index is 689. The normalized spacial score (nSPS) is 10.6. The Labute approximate surface area is 149 Å². The van der Waals surface area contributed by atoms with E-state index in [4.69, 9.17) is 4.74 Å². The molecule has 0 bridgehead atoms. The molecule has 0 aliphatic carbocycles. The summed E-state index contributed by atoms with van der Waals surface area (Å²) in [5.41, 5.74) is 2.44. The van der Waals surface area contributed by atoms with Gasteiger partial charge >= 0.3 is 0 Å². The highest BCUT2D eigenvalue weighted by Gasteiger charge is 2.08. The van der Waals surface area contributed by atoms with Gasteiger partial charge in [-0.05, 0) is 44.3 Å². The second kappa shape index (κ2) is 9.64. The number of anilines is 1. The molecular weight excluding hydrogens is 316 g/mol. The van der Waals surface area contributed by atoms with Crippen molar-refractivity contribution in [2.45, 2.75) is 6.42 Å². The molecule has 0 aliphatic heterocycles. The summed E-state index contributed by atoms with van der Waals surface area (Å²) >= 11 is 0. The van der Waals surface area contributed by atoms with Crippen LogP contribution in [0.5, 0.6) is 5.75 Å². The zero-order chi connectivity index (χ0) is 18.1. The Morgan fingerprint density at radius 1 is 1.20 bits per heavy atom. The largest absolute Gasteiger partial charge is 0.496 e. The van der Waals surface area contributed by atoms with Crippen molar-refractivity contribution in [1.29, 1.82) is 0 Å². The number of likely N-dealkylation sites (N-methyl/N-ethyl adjacent to an activating group) is 1. The van der Waals surface area contributed by atoms with E-state index in [-0.39, 0.29) is 5.91 Å². The molecule has 2 N–H and O–H groups in total. The molecular formula is C19H26N4O2. The van der Waals surface area contributed by atoms with Crippen molar-refractivity contribution in [3.63, 3.8) is 0 Å². The first-order chi connectivity index (χ1) is 12.1. The molecule has 0 fully saturated rings. The van der Waals surface area contributed by atoms with Crippen LogP contribution in [-0.2, 0) is 6.42 Å². The van der Waals surface area contributed by atoms with Gasteiger partial charge in [0.25, 0.3) is 5.91 Å². The van der Waals surface area contributed by atoms with Crippen molar-refractivity contribution < 1.29 is 9.53 Å². The molecule has 6 nitrogen and oxygen atoms in total. The molecule has 0 radical (unpaired) electrons. The number of ether oxygens (including phenoxy) is 1. The van der Waals surface area contributed by atoms with Crippen LogP contribution >= 0.6 is 0 Å². The summed E-state index contributed by atoms with van der Waals surface area (Å²) in [6.07, 6.45) is 2.48. The lowest BCUT2D eigenvalue weighted by Gasteiger charge is -2.12. The van der Waals surface area contributed by atoms with Gasteiger partial charge in [-0.1, -0.05) is 18.2 Å². The molecule has 0 unspecified atom stereocenters. The molecule has 1 aromatic carbocycles. The van der Waals surface area contributed by atoms with Crippen LogP contribution in [-0.4, -0.2) is 56.6 Å². The molecule has 2 aromatic rings. The van der Waals surface area contributed by atoms with E-state index in [1.807, 2.05) is 43.3 Å². The van der Waals surface area contributed by atoms with Crippen LogP contribution in [0.3, 0.4) is 0 Å². The van der Waals surface area contributed by atoms with Crippen molar-refractivity contribution >= 4 is 11.6 Å². The van der Waals surface area contributed by atoms with Crippen molar-refractivity contribution in [3.05, 3.63) is 53.9 Å². The van der Waals surface area contributed by atoms with Gasteiger partial charge in [0.1, 0.15) is 11.4 Å². The fraction of sp³-hybridized carbons (Fsp3) is 0.368. The number of benzene rings is 1. The van der Waals surface area contributed by atoms with E-state index < -0.39 is 0 Å². The molecule has 0 saturated carbocycles. The molecule has 1 heterocycles. The van der Waals surface area contributed by atoms with Gasteiger partial charge in [-0.25, -0.2) is 0 Å². The number of hydrogen-bond donors (Lipinski definition) is 2. The number of para-hydroxylation sites is 1. The van der Waals surface area contributed by atoms with Gasteiger partial charge in [-0.15, -0.1) is 0 Å². The number of amides is 1. The van der Waals surface area contributed by atoms with E-state index in [1.165, 1.54) is 0 Å². The lowest BCUT2D eigenvalue weighted by atomic mass is 10.1. The third-order valence-corrected chi connectivity index (χ3v) is 3.75. The number of aromatic nitrogens is 1. The summed E-state index contributed by atoms with van der Waals surface area (Å²) in [4.78, 5) is 18.3. The first-order valence-corrected chi connectivity index (χ1v) is 8.35. The van der Waals surface area contributed by atoms with E-state index in [0.29, 0.717) is 12.2 Å². The van der Waals surface area contributed by atoms with Crippen LogP contribution in [0.2, 0.25) is 0 Å². The highest BCUT2D eigenvalue weighted by molar-refractivity contribution is 5.93.